The third kappa shape index (κ3) is 5.76. The van der Waals surface area contributed by atoms with E-state index in [4.69, 9.17) is 9.47 Å². The summed E-state index contributed by atoms with van der Waals surface area (Å²) in [5.74, 6) is 0.419. The number of alkyl carbamates (subject to hydrolysis) is 1. The van der Waals surface area contributed by atoms with Crippen molar-refractivity contribution in [2.45, 2.75) is 51.2 Å². The number of amides is 1. The van der Waals surface area contributed by atoms with Crippen LogP contribution in [0.2, 0.25) is 0 Å². The zero-order valence-corrected chi connectivity index (χ0v) is 14.7. The molecular formula is C18H25NO5. The van der Waals surface area contributed by atoms with Crippen molar-refractivity contribution >= 4 is 12.1 Å². The molecule has 6 nitrogen and oxygen atoms in total. The predicted octanol–water partition coefficient (Wildman–Crippen LogP) is 2.84. The van der Waals surface area contributed by atoms with Gasteiger partial charge in [-0.3, -0.25) is 4.79 Å². The average Bonchev–Trinajstić information content (AvgIpc) is 3.24. The Balaban J connectivity index is 1.82. The highest BCUT2D eigenvalue weighted by Crippen LogP contribution is 2.36. The van der Waals surface area contributed by atoms with E-state index >= 15 is 0 Å². The van der Waals surface area contributed by atoms with Gasteiger partial charge >= 0.3 is 12.1 Å². The minimum Gasteiger partial charge on any atom is -0.491 e. The number of nitrogens with one attached hydrogen (secondary N) is 1. The Bertz CT molecular complexity index is 584. The Labute approximate surface area is 142 Å². The summed E-state index contributed by atoms with van der Waals surface area (Å²) in [7, 11) is 1.37. The van der Waals surface area contributed by atoms with Crippen molar-refractivity contribution < 1.29 is 23.8 Å². The summed E-state index contributed by atoms with van der Waals surface area (Å²) in [5, 5.41) is 2.89. The highest BCUT2D eigenvalue weighted by Gasteiger charge is 2.46. The Hall–Kier alpha value is -2.24. The molecule has 2 rings (SSSR count). The highest BCUT2D eigenvalue weighted by atomic mass is 16.6. The number of rotatable bonds is 6. The fourth-order valence-electron chi connectivity index (χ4n) is 2.14. The molecule has 1 N–H and O–H groups in total. The molecule has 24 heavy (non-hydrogen) atoms. The van der Waals surface area contributed by atoms with E-state index in [0.717, 1.165) is 18.4 Å². The van der Waals surface area contributed by atoms with Gasteiger partial charge < -0.3 is 19.5 Å². The number of carbonyl (C=O) groups excluding carboxylic acids is 2. The van der Waals surface area contributed by atoms with Crippen molar-refractivity contribution in [2.24, 2.45) is 0 Å². The summed E-state index contributed by atoms with van der Waals surface area (Å²) in [6.45, 7) is 5.89. The zero-order chi connectivity index (χ0) is 17.8. The van der Waals surface area contributed by atoms with Crippen molar-refractivity contribution in [2.75, 3.05) is 13.7 Å². The van der Waals surface area contributed by atoms with E-state index in [0.29, 0.717) is 12.4 Å². The third-order valence-corrected chi connectivity index (χ3v) is 3.63. The van der Waals surface area contributed by atoms with E-state index in [1.54, 1.807) is 0 Å². The Morgan fingerprint density at radius 1 is 1.17 bits per heavy atom. The van der Waals surface area contributed by atoms with Crippen molar-refractivity contribution in [1.82, 2.24) is 5.32 Å². The number of hydrogen-bond acceptors (Lipinski definition) is 5. The van der Waals surface area contributed by atoms with Gasteiger partial charge in [0.25, 0.3) is 0 Å². The number of hydrogen-bond donors (Lipinski definition) is 1. The van der Waals surface area contributed by atoms with Gasteiger partial charge in [0.2, 0.25) is 0 Å². The quantitative estimate of drug-likeness (QED) is 0.809. The monoisotopic (exact) mass is 335 g/mol. The van der Waals surface area contributed by atoms with E-state index < -0.39 is 11.7 Å². The van der Waals surface area contributed by atoms with Gasteiger partial charge in [-0.25, -0.2) is 4.79 Å². The maximum absolute atomic E-state index is 11.9. The van der Waals surface area contributed by atoms with Crippen molar-refractivity contribution in [1.29, 1.82) is 0 Å². The zero-order valence-electron chi connectivity index (χ0n) is 14.7. The lowest BCUT2D eigenvalue weighted by Crippen LogP contribution is -2.44. The number of ether oxygens (including phenoxy) is 3. The molecule has 0 heterocycles. The van der Waals surface area contributed by atoms with E-state index in [2.05, 4.69) is 10.1 Å². The van der Waals surface area contributed by atoms with Crippen LogP contribution in [-0.2, 0) is 20.7 Å². The van der Waals surface area contributed by atoms with Crippen molar-refractivity contribution in [3.8, 4) is 5.75 Å². The maximum atomic E-state index is 11.9. The second-order valence-electron chi connectivity index (χ2n) is 7.09. The summed E-state index contributed by atoms with van der Waals surface area (Å²) in [6.07, 6.45) is 1.55. The minimum atomic E-state index is -0.517. The van der Waals surface area contributed by atoms with Gasteiger partial charge in [-0.1, -0.05) is 12.1 Å². The minimum absolute atomic E-state index is 0.237. The van der Waals surface area contributed by atoms with E-state index in [1.807, 2.05) is 45.0 Å². The second-order valence-corrected chi connectivity index (χ2v) is 7.09. The van der Waals surface area contributed by atoms with Gasteiger partial charge in [-0.05, 0) is 51.3 Å². The SMILES string of the molecule is COC(=O)Cc1ccc(OCC2(NC(=O)OC(C)(C)C)CC2)cc1. The molecule has 0 saturated heterocycles. The van der Waals surface area contributed by atoms with Gasteiger partial charge in [-0.2, -0.15) is 0 Å². The molecule has 1 aromatic carbocycles. The van der Waals surface area contributed by atoms with Gasteiger partial charge in [0, 0.05) is 0 Å². The Morgan fingerprint density at radius 3 is 2.29 bits per heavy atom. The largest absolute Gasteiger partial charge is 0.491 e. The lowest BCUT2D eigenvalue weighted by molar-refractivity contribution is -0.139. The van der Waals surface area contributed by atoms with E-state index in [9.17, 15) is 9.59 Å². The van der Waals surface area contributed by atoms with Crippen LogP contribution in [0.4, 0.5) is 4.79 Å². The first-order valence-corrected chi connectivity index (χ1v) is 8.01. The predicted molar refractivity (Wildman–Crippen MR) is 89.0 cm³/mol. The third-order valence-electron chi connectivity index (χ3n) is 3.63. The first-order valence-electron chi connectivity index (χ1n) is 8.01. The first-order chi connectivity index (χ1) is 11.2. The molecule has 1 amide bonds. The smallest absolute Gasteiger partial charge is 0.408 e. The van der Waals surface area contributed by atoms with Crippen molar-refractivity contribution in [3.63, 3.8) is 0 Å². The van der Waals surface area contributed by atoms with Crippen LogP contribution in [0.15, 0.2) is 24.3 Å². The van der Waals surface area contributed by atoms with Crippen LogP contribution in [0.1, 0.15) is 39.2 Å². The number of methoxy groups -OCH3 is 1. The average molecular weight is 335 g/mol. The molecule has 0 aliphatic heterocycles. The molecule has 0 bridgehead atoms. The van der Waals surface area contributed by atoms with Crippen LogP contribution in [0, 0.1) is 0 Å². The number of esters is 1. The summed E-state index contributed by atoms with van der Waals surface area (Å²) >= 11 is 0. The molecule has 1 aromatic rings. The van der Waals surface area contributed by atoms with Gasteiger partial charge in [0.15, 0.2) is 0 Å². The number of benzene rings is 1. The summed E-state index contributed by atoms with van der Waals surface area (Å²) in [6, 6.07) is 7.27. The fourth-order valence-corrected chi connectivity index (χ4v) is 2.14. The van der Waals surface area contributed by atoms with Crippen LogP contribution in [0.3, 0.4) is 0 Å². The van der Waals surface area contributed by atoms with Crippen LogP contribution < -0.4 is 10.1 Å². The molecule has 1 fully saturated rings. The standard InChI is InChI=1S/C18H25NO5/c1-17(2,3)24-16(21)19-18(9-10-18)12-23-14-7-5-13(6-8-14)11-15(20)22-4/h5-8H,9-12H2,1-4H3,(H,19,21). The first kappa shape index (κ1) is 18.1. The molecule has 0 atom stereocenters. The topological polar surface area (TPSA) is 73.9 Å². The Morgan fingerprint density at radius 2 is 1.79 bits per heavy atom. The molecular weight excluding hydrogens is 310 g/mol. The van der Waals surface area contributed by atoms with E-state index in [-0.39, 0.29) is 17.9 Å². The van der Waals surface area contributed by atoms with Gasteiger partial charge in [0.05, 0.1) is 19.1 Å². The molecule has 6 heteroatoms. The molecule has 0 aromatic heterocycles. The summed E-state index contributed by atoms with van der Waals surface area (Å²) in [4.78, 5) is 23.1. The van der Waals surface area contributed by atoms with Gasteiger partial charge in [0.1, 0.15) is 18.0 Å². The maximum Gasteiger partial charge on any atom is 0.408 e. The fraction of sp³-hybridized carbons (Fsp3) is 0.556. The van der Waals surface area contributed by atoms with Crippen LogP contribution in [0.5, 0.6) is 5.75 Å². The van der Waals surface area contributed by atoms with E-state index in [1.165, 1.54) is 7.11 Å². The molecule has 132 valence electrons. The number of carbonyl (C=O) groups is 2. The van der Waals surface area contributed by atoms with Crippen LogP contribution in [-0.4, -0.2) is 36.9 Å². The lowest BCUT2D eigenvalue weighted by atomic mass is 10.1. The molecule has 1 aliphatic rings. The van der Waals surface area contributed by atoms with Crippen LogP contribution in [0.25, 0.3) is 0 Å². The van der Waals surface area contributed by atoms with Crippen LogP contribution >= 0.6 is 0 Å². The Kier molecular flexibility index (Phi) is 5.36. The summed E-state index contributed by atoms with van der Waals surface area (Å²) in [5.41, 5.74) is 0.00553. The second kappa shape index (κ2) is 7.11. The molecule has 1 saturated carbocycles. The molecule has 0 spiro atoms. The highest BCUT2D eigenvalue weighted by molar-refractivity contribution is 5.72. The normalized spacial score (nSPS) is 15.3. The lowest BCUT2D eigenvalue weighted by Gasteiger charge is -2.23. The molecule has 0 radical (unpaired) electrons. The van der Waals surface area contributed by atoms with Crippen molar-refractivity contribution in [3.05, 3.63) is 29.8 Å². The van der Waals surface area contributed by atoms with Gasteiger partial charge in [-0.15, -0.1) is 0 Å². The molecule has 0 unspecified atom stereocenters. The summed E-state index contributed by atoms with van der Waals surface area (Å²) < 4.78 is 15.7. The molecule has 1 aliphatic carbocycles.